The average molecular weight is 386 g/mol. The Morgan fingerprint density at radius 2 is 2.04 bits per heavy atom. The van der Waals surface area contributed by atoms with E-state index < -0.39 is 30.5 Å². The molecule has 3 aliphatic rings. The number of imide groups is 1. The van der Waals surface area contributed by atoms with Crippen molar-refractivity contribution in [3.63, 3.8) is 0 Å². The molecule has 0 saturated carbocycles. The van der Waals surface area contributed by atoms with E-state index in [0.29, 0.717) is 24.9 Å². The van der Waals surface area contributed by atoms with Gasteiger partial charge in [-0.05, 0) is 24.3 Å². The number of hydrogen-bond donors (Lipinski definition) is 1. The Balaban J connectivity index is 1.73. The molecule has 0 aliphatic carbocycles. The van der Waals surface area contributed by atoms with Crippen molar-refractivity contribution in [1.29, 1.82) is 0 Å². The van der Waals surface area contributed by atoms with Crippen LogP contribution in [-0.4, -0.2) is 89.0 Å². The second kappa shape index (κ2) is 6.63. The highest BCUT2D eigenvalue weighted by Gasteiger charge is 2.54. The molecule has 4 rings (SSSR count). The van der Waals surface area contributed by atoms with E-state index in [4.69, 9.17) is 9.84 Å². The number of aliphatic imine (C=N–C) groups is 1. The number of likely N-dealkylation sites (N-methyl/N-ethyl adjacent to an activating group) is 1. The lowest BCUT2D eigenvalue weighted by molar-refractivity contribution is -0.539. The molecule has 1 atom stereocenters. The van der Waals surface area contributed by atoms with E-state index in [9.17, 15) is 14.4 Å². The van der Waals surface area contributed by atoms with Crippen LogP contribution in [0.2, 0.25) is 0 Å². The van der Waals surface area contributed by atoms with E-state index in [2.05, 4.69) is 4.99 Å². The molecule has 1 saturated heterocycles. The van der Waals surface area contributed by atoms with Crippen LogP contribution in [0.3, 0.4) is 0 Å². The second-order valence-electron chi connectivity index (χ2n) is 6.73. The van der Waals surface area contributed by atoms with Crippen LogP contribution in [-0.2, 0) is 9.59 Å². The summed E-state index contributed by atoms with van der Waals surface area (Å²) in [4.78, 5) is 45.1. The quantitative estimate of drug-likeness (QED) is 0.732. The fraction of sp³-hybridized carbons (Fsp3) is 0.389. The van der Waals surface area contributed by atoms with Crippen molar-refractivity contribution in [2.24, 2.45) is 4.99 Å². The summed E-state index contributed by atoms with van der Waals surface area (Å²) in [5.41, 5.74) is 0.896. The average Bonchev–Trinajstić information content (AvgIpc) is 3.09. The molecule has 1 fully saturated rings. The molecule has 1 unspecified atom stereocenters. The summed E-state index contributed by atoms with van der Waals surface area (Å²) in [6.45, 7) is 0.637. The van der Waals surface area contributed by atoms with Gasteiger partial charge in [0, 0.05) is 13.5 Å². The van der Waals surface area contributed by atoms with Crippen LogP contribution in [0.5, 0.6) is 5.75 Å². The van der Waals surface area contributed by atoms with Crippen LogP contribution < -0.4 is 9.64 Å². The minimum absolute atomic E-state index is 0.326. The third kappa shape index (κ3) is 2.68. The largest absolute Gasteiger partial charge is 0.497 e. The molecule has 1 N–H and O–H groups in total. The highest BCUT2D eigenvalue weighted by atomic mass is 16.5. The standard InChI is InChI=1S/C18H19N5O5/c1-20-15-14(16(26)23(18(20)27)10-13(24)25)22-9-3-8-21(17(22)19-15)11-4-6-12(28-2)7-5-11/h4-7,14H,3,8-10H2,1-2H3/p+1. The molecule has 1 aromatic rings. The summed E-state index contributed by atoms with van der Waals surface area (Å²) < 4.78 is 7.03. The summed E-state index contributed by atoms with van der Waals surface area (Å²) in [6.07, 6.45) is 0.790. The summed E-state index contributed by atoms with van der Waals surface area (Å²) in [5, 5.41) is 9.06. The first-order valence-corrected chi connectivity index (χ1v) is 8.87. The number of fused-ring (bicyclic) bond motifs is 2. The zero-order valence-electron chi connectivity index (χ0n) is 15.5. The molecule has 3 aliphatic heterocycles. The van der Waals surface area contributed by atoms with E-state index in [1.165, 1.54) is 11.9 Å². The number of urea groups is 1. The molecule has 28 heavy (non-hydrogen) atoms. The van der Waals surface area contributed by atoms with E-state index in [1.54, 1.807) is 7.11 Å². The first-order valence-electron chi connectivity index (χ1n) is 8.87. The third-order valence-corrected chi connectivity index (χ3v) is 5.09. The van der Waals surface area contributed by atoms with Gasteiger partial charge in [-0.1, -0.05) is 4.99 Å². The number of ether oxygens (including phenoxy) is 1. The lowest BCUT2D eigenvalue weighted by atomic mass is 10.1. The number of carbonyl (C=O) groups excluding carboxylic acids is 2. The van der Waals surface area contributed by atoms with Gasteiger partial charge in [0.1, 0.15) is 18.0 Å². The van der Waals surface area contributed by atoms with Gasteiger partial charge in [-0.25, -0.2) is 19.2 Å². The molecule has 1 aromatic carbocycles. The Kier molecular flexibility index (Phi) is 4.25. The van der Waals surface area contributed by atoms with Gasteiger partial charge in [0.15, 0.2) is 0 Å². The Labute approximate surface area is 160 Å². The molecule has 0 radical (unpaired) electrons. The number of carboxylic acids is 1. The number of aliphatic carboxylic acids is 1. The number of rotatable bonds is 4. The summed E-state index contributed by atoms with van der Waals surface area (Å²) in [5.74, 6) is -0.153. The first kappa shape index (κ1) is 18.0. The summed E-state index contributed by atoms with van der Waals surface area (Å²) in [6, 6.07) is 6.03. The molecular formula is C18H20N5O5+. The number of hydrogen-bond acceptors (Lipinski definition) is 6. The third-order valence-electron chi connectivity index (χ3n) is 5.09. The Morgan fingerprint density at radius 1 is 1.32 bits per heavy atom. The van der Waals surface area contributed by atoms with Gasteiger partial charge in [-0.3, -0.25) is 14.5 Å². The lowest BCUT2D eigenvalue weighted by Crippen LogP contribution is -2.64. The molecule has 10 nitrogen and oxygen atoms in total. The van der Waals surface area contributed by atoms with Gasteiger partial charge in [-0.15, -0.1) is 0 Å². The maximum Gasteiger partial charge on any atom is 0.397 e. The number of carboxylic acid groups (broad SMARTS) is 1. The maximum absolute atomic E-state index is 12.9. The minimum Gasteiger partial charge on any atom is -0.497 e. The van der Waals surface area contributed by atoms with E-state index in [-0.39, 0.29) is 0 Å². The van der Waals surface area contributed by atoms with Gasteiger partial charge < -0.3 is 9.84 Å². The van der Waals surface area contributed by atoms with E-state index in [0.717, 1.165) is 22.8 Å². The van der Waals surface area contributed by atoms with Crippen molar-refractivity contribution >= 4 is 35.4 Å². The highest BCUT2D eigenvalue weighted by molar-refractivity contribution is 6.24. The molecule has 10 heteroatoms. The monoisotopic (exact) mass is 386 g/mol. The van der Waals surface area contributed by atoms with Crippen LogP contribution in [0, 0.1) is 0 Å². The van der Waals surface area contributed by atoms with E-state index >= 15 is 0 Å². The number of amidine groups is 1. The van der Waals surface area contributed by atoms with Crippen LogP contribution in [0.4, 0.5) is 10.5 Å². The Hall–Kier alpha value is -3.43. The van der Waals surface area contributed by atoms with Crippen LogP contribution in [0.15, 0.2) is 29.3 Å². The normalized spacial score (nSPS) is 21.6. The summed E-state index contributed by atoms with van der Waals surface area (Å²) in [7, 11) is 3.10. The number of guanidine groups is 1. The van der Waals surface area contributed by atoms with Gasteiger partial charge >= 0.3 is 18.0 Å². The first-order chi connectivity index (χ1) is 13.4. The predicted octanol–water partition coefficient (Wildman–Crippen LogP) is 0.0331. The van der Waals surface area contributed by atoms with Crippen LogP contribution >= 0.6 is 0 Å². The van der Waals surface area contributed by atoms with Crippen molar-refractivity contribution in [3.8, 4) is 5.75 Å². The number of methoxy groups -OCH3 is 1. The fourth-order valence-corrected chi connectivity index (χ4v) is 3.74. The zero-order chi connectivity index (χ0) is 20.0. The van der Waals surface area contributed by atoms with Gasteiger partial charge in [0.2, 0.25) is 11.9 Å². The smallest absolute Gasteiger partial charge is 0.397 e. The zero-order valence-corrected chi connectivity index (χ0v) is 15.5. The Morgan fingerprint density at radius 3 is 2.68 bits per heavy atom. The molecule has 0 bridgehead atoms. The van der Waals surface area contributed by atoms with Gasteiger partial charge in [0.25, 0.3) is 5.91 Å². The number of carbonyl (C=O) groups is 3. The number of nitrogens with zero attached hydrogens (tertiary/aromatic N) is 5. The number of amides is 3. The van der Waals surface area contributed by atoms with Crippen molar-refractivity contribution < 1.29 is 28.8 Å². The van der Waals surface area contributed by atoms with Crippen molar-refractivity contribution in [1.82, 2.24) is 9.80 Å². The molecule has 3 heterocycles. The lowest BCUT2D eigenvalue weighted by Gasteiger charge is -2.33. The van der Waals surface area contributed by atoms with Crippen molar-refractivity contribution in [2.45, 2.75) is 12.5 Å². The van der Waals surface area contributed by atoms with Crippen molar-refractivity contribution in [3.05, 3.63) is 24.3 Å². The van der Waals surface area contributed by atoms with Crippen LogP contribution in [0.25, 0.3) is 0 Å². The maximum atomic E-state index is 12.9. The number of anilines is 1. The number of benzene rings is 1. The minimum atomic E-state index is -1.24. The molecule has 3 amide bonds. The van der Waals surface area contributed by atoms with Crippen molar-refractivity contribution in [2.75, 3.05) is 38.7 Å². The highest BCUT2D eigenvalue weighted by Crippen LogP contribution is 2.27. The van der Waals surface area contributed by atoms with Gasteiger partial charge in [0.05, 0.1) is 20.2 Å². The summed E-state index contributed by atoms with van der Waals surface area (Å²) >= 11 is 0. The SMILES string of the molecule is COc1ccc(N2CCC[N+]3=C2N=C2C3C(=O)N(CC(=O)O)C(=O)N2C)cc1. The molecule has 0 spiro atoms. The predicted molar refractivity (Wildman–Crippen MR) is 98.8 cm³/mol. The van der Waals surface area contributed by atoms with Gasteiger partial charge in [-0.2, -0.15) is 0 Å². The molecular weight excluding hydrogens is 366 g/mol. The fourth-order valence-electron chi connectivity index (χ4n) is 3.74. The van der Waals surface area contributed by atoms with Crippen LogP contribution in [0.1, 0.15) is 6.42 Å². The second-order valence-corrected chi connectivity index (χ2v) is 6.73. The Bertz CT molecular complexity index is 923. The van der Waals surface area contributed by atoms with E-state index in [1.807, 2.05) is 33.7 Å². The molecule has 0 aromatic heterocycles. The molecule has 146 valence electrons. The topological polar surface area (TPSA) is 106 Å².